The van der Waals surface area contributed by atoms with Crippen LogP contribution in [0, 0.1) is 0 Å². The summed E-state index contributed by atoms with van der Waals surface area (Å²) in [5.74, 6) is 0.861. The average Bonchev–Trinajstić information content (AvgIpc) is 1.55. The summed E-state index contributed by atoms with van der Waals surface area (Å²) in [7, 11) is 1.71. The minimum atomic E-state index is 0.861. The lowest BCUT2D eigenvalue weighted by atomic mass is 9.96. The standard InChI is InChI=1S/C48H31NS.C43H29NOS/c1-5-13-32(14-6-1)34-21-23-35(24-22-34)38-25-27-40-43(30-38)49(39-19-11-4-12-20-39)44-31-41(36-17-9-3-10-18-36)48-47(46(40)44)42-29-37(26-28-45(42)50-48)33-15-7-2-8-16-33;1-45-34-21-17-29(18-22-34)31-19-23-38-36(25-31)41-39(44(38)33-15-9-4-10-16-33)27-35(30-13-7-3-8-14-30)43-42(41)37-26-32(20-24-40(37)46-43)28-11-5-2-6-12-28/h1-31H;2-27H,1H3. The first kappa shape index (κ1) is 56.9. The maximum atomic E-state index is 5.45. The van der Waals surface area contributed by atoms with Crippen molar-refractivity contribution in [2.75, 3.05) is 7.11 Å². The van der Waals surface area contributed by atoms with Gasteiger partial charge in [-0.05, 0) is 158 Å². The molecule has 0 atom stereocenters. The molecule has 19 aromatic rings. The lowest BCUT2D eigenvalue weighted by Gasteiger charge is -2.11. The van der Waals surface area contributed by atoms with Crippen LogP contribution in [-0.2, 0) is 0 Å². The van der Waals surface area contributed by atoms with Gasteiger partial charge in [0.15, 0.2) is 0 Å². The van der Waals surface area contributed by atoms with Crippen LogP contribution in [0.1, 0.15) is 0 Å². The molecule has 0 radical (unpaired) electrons. The highest BCUT2D eigenvalue weighted by Gasteiger charge is 2.25. The number of hydrogen-bond donors (Lipinski definition) is 0. The zero-order chi connectivity index (χ0) is 63.6. The predicted molar refractivity (Wildman–Crippen MR) is 412 cm³/mol. The van der Waals surface area contributed by atoms with Gasteiger partial charge < -0.3 is 13.9 Å². The Balaban J connectivity index is 0.000000141. The second-order valence-corrected chi connectivity index (χ2v) is 26.7. The van der Waals surface area contributed by atoms with Crippen LogP contribution in [0.2, 0.25) is 0 Å². The number of benzene rings is 15. The van der Waals surface area contributed by atoms with Crippen LogP contribution in [0.25, 0.3) is 173 Å². The summed E-state index contributed by atoms with van der Waals surface area (Å²) in [4.78, 5) is 0. The molecule has 0 aliphatic carbocycles. The molecule has 19 rings (SSSR count). The fourth-order valence-electron chi connectivity index (χ4n) is 14.5. The van der Waals surface area contributed by atoms with Gasteiger partial charge in [-0.3, -0.25) is 0 Å². The maximum Gasteiger partial charge on any atom is 0.118 e. The van der Waals surface area contributed by atoms with E-state index in [1.807, 2.05) is 34.8 Å². The summed E-state index contributed by atoms with van der Waals surface area (Å²) in [5.41, 5.74) is 24.3. The molecule has 96 heavy (non-hydrogen) atoms. The molecule has 0 fully saturated rings. The molecule has 0 aliphatic rings. The van der Waals surface area contributed by atoms with E-state index < -0.39 is 0 Å². The summed E-state index contributed by atoms with van der Waals surface area (Å²) in [6.07, 6.45) is 0. The Labute approximate surface area is 564 Å². The van der Waals surface area contributed by atoms with Gasteiger partial charge in [0.25, 0.3) is 0 Å². The molecule has 0 saturated carbocycles. The van der Waals surface area contributed by atoms with Crippen LogP contribution >= 0.6 is 22.7 Å². The highest BCUT2D eigenvalue weighted by atomic mass is 32.1. The molecule has 4 aromatic heterocycles. The monoisotopic (exact) mass is 1260 g/mol. The molecule has 3 nitrogen and oxygen atoms in total. The van der Waals surface area contributed by atoms with E-state index in [9.17, 15) is 0 Å². The lowest BCUT2D eigenvalue weighted by Crippen LogP contribution is -1.94. The van der Waals surface area contributed by atoms with Gasteiger partial charge in [-0.2, -0.15) is 0 Å². The van der Waals surface area contributed by atoms with Gasteiger partial charge in [-0.1, -0.05) is 255 Å². The molecular weight excluding hydrogens is 1200 g/mol. The Bertz CT molecular complexity index is 6100. The van der Waals surface area contributed by atoms with Crippen molar-refractivity contribution in [2.45, 2.75) is 0 Å². The Morgan fingerprint density at radius 3 is 1.00 bits per heavy atom. The lowest BCUT2D eigenvalue weighted by molar-refractivity contribution is 0.415. The van der Waals surface area contributed by atoms with Gasteiger partial charge in [-0.15, -0.1) is 22.7 Å². The van der Waals surface area contributed by atoms with E-state index >= 15 is 0 Å². The topological polar surface area (TPSA) is 19.1 Å². The van der Waals surface area contributed by atoms with Crippen molar-refractivity contribution in [3.63, 3.8) is 0 Å². The third-order valence-corrected chi connectivity index (χ3v) is 21.5. The third-order valence-electron chi connectivity index (χ3n) is 19.1. The smallest absolute Gasteiger partial charge is 0.118 e. The first-order chi connectivity index (χ1) is 47.6. The average molecular weight is 1260 g/mol. The molecule has 0 amide bonds. The first-order valence-electron chi connectivity index (χ1n) is 32.6. The zero-order valence-corrected chi connectivity index (χ0v) is 54.2. The molecule has 0 bridgehead atoms. The molecule has 0 unspecified atom stereocenters. The predicted octanol–water partition coefficient (Wildman–Crippen LogP) is 26.0. The Hall–Kier alpha value is -11.9. The second kappa shape index (κ2) is 23.9. The fourth-order valence-corrected chi connectivity index (χ4v) is 17.0. The number of fused-ring (bicyclic) bond motifs is 14. The molecule has 452 valence electrons. The summed E-state index contributed by atoms with van der Waals surface area (Å²) in [6, 6.07) is 125. The second-order valence-electron chi connectivity index (χ2n) is 24.6. The number of ether oxygens (including phenoxy) is 1. The summed E-state index contributed by atoms with van der Waals surface area (Å²) in [6.45, 7) is 0. The Morgan fingerprint density at radius 1 is 0.229 bits per heavy atom. The molecule has 0 aliphatic heterocycles. The molecule has 4 heterocycles. The van der Waals surface area contributed by atoms with Crippen LogP contribution in [0.15, 0.2) is 346 Å². The van der Waals surface area contributed by atoms with Gasteiger partial charge in [0.1, 0.15) is 5.75 Å². The molecule has 0 spiro atoms. The quantitative estimate of drug-likeness (QED) is 0.134. The Kier molecular flexibility index (Phi) is 14.2. The van der Waals surface area contributed by atoms with Crippen LogP contribution < -0.4 is 4.74 Å². The van der Waals surface area contributed by atoms with Gasteiger partial charge >= 0.3 is 0 Å². The molecular formula is C91H60N2OS2. The van der Waals surface area contributed by atoms with Crippen LogP contribution in [0.4, 0.5) is 0 Å². The normalized spacial score (nSPS) is 11.6. The van der Waals surface area contributed by atoms with Crippen molar-refractivity contribution in [3.8, 4) is 95.0 Å². The van der Waals surface area contributed by atoms with Gasteiger partial charge in [-0.25, -0.2) is 0 Å². The van der Waals surface area contributed by atoms with Crippen molar-refractivity contribution < 1.29 is 4.74 Å². The maximum absolute atomic E-state index is 5.45. The van der Waals surface area contributed by atoms with E-state index in [4.69, 9.17) is 4.74 Å². The Morgan fingerprint density at radius 2 is 0.552 bits per heavy atom. The summed E-state index contributed by atoms with van der Waals surface area (Å²) < 4.78 is 15.6. The number of aromatic nitrogens is 2. The largest absolute Gasteiger partial charge is 0.497 e. The highest BCUT2D eigenvalue weighted by molar-refractivity contribution is 7.27. The minimum Gasteiger partial charge on any atom is -0.497 e. The third kappa shape index (κ3) is 9.86. The first-order valence-corrected chi connectivity index (χ1v) is 34.3. The SMILES string of the molecule is COc1ccc(-c2ccc3c(c2)c2c4c(sc5ccc(-c6ccccc6)cc54)c(-c4ccccc4)cc2n3-c2ccccc2)cc1.c1ccc(-c2ccc(-c3ccc4c5c6c(sc7ccc(-c8ccccc8)cc76)c(-c6ccccc6)cc5n(-c5ccccc5)c4c3)cc2)cc1. The van der Waals surface area contributed by atoms with Gasteiger partial charge in [0, 0.05) is 84.4 Å². The highest BCUT2D eigenvalue weighted by Crippen LogP contribution is 2.51. The molecule has 0 saturated heterocycles. The van der Waals surface area contributed by atoms with Gasteiger partial charge in [0.05, 0.1) is 29.2 Å². The zero-order valence-electron chi connectivity index (χ0n) is 52.5. The van der Waals surface area contributed by atoms with Crippen molar-refractivity contribution in [2.24, 2.45) is 0 Å². The van der Waals surface area contributed by atoms with E-state index in [2.05, 4.69) is 343 Å². The van der Waals surface area contributed by atoms with E-state index in [0.717, 1.165) is 17.1 Å². The number of para-hydroxylation sites is 2. The molecule has 5 heteroatoms. The molecule has 15 aromatic carbocycles. The van der Waals surface area contributed by atoms with Crippen LogP contribution in [-0.4, -0.2) is 16.2 Å². The van der Waals surface area contributed by atoms with Crippen molar-refractivity contribution in [3.05, 3.63) is 346 Å². The van der Waals surface area contributed by atoms with E-state index in [0.29, 0.717) is 0 Å². The summed E-state index contributed by atoms with van der Waals surface area (Å²) in [5, 5.41) is 10.4. The van der Waals surface area contributed by atoms with Crippen molar-refractivity contribution in [1.82, 2.24) is 9.13 Å². The number of nitrogens with zero attached hydrogens (tertiary/aromatic N) is 2. The van der Waals surface area contributed by atoms with E-state index in [-0.39, 0.29) is 0 Å². The summed E-state index contributed by atoms with van der Waals surface area (Å²) >= 11 is 3.80. The van der Waals surface area contributed by atoms with Crippen molar-refractivity contribution in [1.29, 1.82) is 0 Å². The number of hydrogen-bond acceptors (Lipinski definition) is 3. The van der Waals surface area contributed by atoms with Crippen LogP contribution in [0.5, 0.6) is 5.75 Å². The fraction of sp³-hybridized carbons (Fsp3) is 0.0110. The van der Waals surface area contributed by atoms with Gasteiger partial charge in [0.2, 0.25) is 0 Å². The van der Waals surface area contributed by atoms with Crippen molar-refractivity contribution >= 4 is 107 Å². The number of methoxy groups -OCH3 is 1. The number of thiophene rings is 2. The molecule has 0 N–H and O–H groups in total. The van der Waals surface area contributed by atoms with E-state index in [1.165, 1.54) is 162 Å². The van der Waals surface area contributed by atoms with E-state index in [1.54, 1.807) is 7.11 Å². The van der Waals surface area contributed by atoms with Crippen LogP contribution in [0.3, 0.4) is 0 Å². The minimum absolute atomic E-state index is 0.861. The number of rotatable bonds is 10.